The van der Waals surface area contributed by atoms with Crippen LogP contribution in [-0.2, 0) is 0 Å². The lowest BCUT2D eigenvalue weighted by molar-refractivity contribution is 0.154. The second kappa shape index (κ2) is 5.37. The molecule has 0 spiro atoms. The Bertz CT molecular complexity index is 665. The lowest BCUT2D eigenvalue weighted by atomic mass is 9.94. The number of pyridine rings is 1. The summed E-state index contributed by atoms with van der Waals surface area (Å²) in [5.74, 6) is 0.168. The molecule has 2 aromatic heterocycles. The van der Waals surface area contributed by atoms with Crippen LogP contribution in [0.4, 0.5) is 4.79 Å². The van der Waals surface area contributed by atoms with Crippen LogP contribution in [0, 0.1) is 6.92 Å². The highest BCUT2D eigenvalue weighted by atomic mass is 16.2. The van der Waals surface area contributed by atoms with Gasteiger partial charge in [-0.1, -0.05) is 13.0 Å². The molecule has 0 radical (unpaired) electrons. The number of carbonyl (C=O) groups is 1. The molecular weight excluding hydrogens is 266 g/mol. The van der Waals surface area contributed by atoms with Gasteiger partial charge in [-0.3, -0.25) is 0 Å². The highest BCUT2D eigenvalue weighted by molar-refractivity contribution is 5.72. The lowest BCUT2D eigenvalue weighted by Crippen LogP contribution is -2.57. The van der Waals surface area contributed by atoms with Crippen molar-refractivity contribution in [3.63, 3.8) is 0 Å². The molecule has 21 heavy (non-hydrogen) atoms. The maximum Gasteiger partial charge on any atom is 0.315 e. The Balaban J connectivity index is 2.01. The van der Waals surface area contributed by atoms with E-state index in [4.69, 9.17) is 5.73 Å². The first-order chi connectivity index (χ1) is 10.1. The fraction of sp³-hybridized carbons (Fsp3) is 0.467. The molecule has 2 atom stereocenters. The summed E-state index contributed by atoms with van der Waals surface area (Å²) in [6.07, 6.45) is 1.87. The zero-order valence-electron chi connectivity index (χ0n) is 12.4. The van der Waals surface area contributed by atoms with E-state index in [2.05, 4.69) is 27.7 Å². The minimum Gasteiger partial charge on any atom is -0.351 e. The Kier molecular flexibility index (Phi) is 3.55. The van der Waals surface area contributed by atoms with Crippen molar-refractivity contribution in [3.05, 3.63) is 35.8 Å². The van der Waals surface area contributed by atoms with E-state index in [0.29, 0.717) is 6.54 Å². The second-order valence-electron chi connectivity index (χ2n) is 5.64. The zero-order chi connectivity index (χ0) is 15.0. The number of primary amides is 1. The number of hydrogen-bond donors (Lipinski definition) is 2. The molecular formula is C15H21N5O. The molecule has 112 valence electrons. The van der Waals surface area contributed by atoms with E-state index in [1.807, 2.05) is 25.3 Å². The van der Waals surface area contributed by atoms with E-state index in [9.17, 15) is 4.79 Å². The topological polar surface area (TPSA) is 75.7 Å². The lowest BCUT2D eigenvalue weighted by Gasteiger charge is -2.38. The second-order valence-corrected chi connectivity index (χ2v) is 5.64. The van der Waals surface area contributed by atoms with Crippen molar-refractivity contribution in [1.29, 1.82) is 0 Å². The number of aryl methyl sites for hydroxylation is 1. The van der Waals surface area contributed by atoms with Gasteiger partial charge in [0.2, 0.25) is 0 Å². The summed E-state index contributed by atoms with van der Waals surface area (Å²) in [5.41, 5.74) is 8.73. The Morgan fingerprint density at radius 2 is 2.33 bits per heavy atom. The molecule has 0 aromatic carbocycles. The van der Waals surface area contributed by atoms with Crippen molar-refractivity contribution in [1.82, 2.24) is 19.6 Å². The van der Waals surface area contributed by atoms with Gasteiger partial charge in [-0.15, -0.1) is 0 Å². The van der Waals surface area contributed by atoms with E-state index in [1.165, 1.54) is 0 Å². The smallest absolute Gasteiger partial charge is 0.315 e. The van der Waals surface area contributed by atoms with E-state index in [1.54, 1.807) is 4.90 Å². The maximum absolute atomic E-state index is 11.7. The number of carbonyl (C=O) groups excluding carboxylic acids is 1. The Morgan fingerprint density at radius 3 is 3.10 bits per heavy atom. The van der Waals surface area contributed by atoms with Crippen molar-refractivity contribution in [2.75, 3.05) is 19.6 Å². The first-order valence-corrected chi connectivity index (χ1v) is 7.29. The van der Waals surface area contributed by atoms with Crippen molar-refractivity contribution in [3.8, 4) is 0 Å². The van der Waals surface area contributed by atoms with Crippen LogP contribution in [0.1, 0.15) is 24.2 Å². The molecule has 2 amide bonds. The number of piperazine rings is 1. The number of hydrogen-bond acceptors (Lipinski definition) is 3. The number of urea groups is 1. The van der Waals surface area contributed by atoms with E-state index >= 15 is 0 Å². The van der Waals surface area contributed by atoms with E-state index < -0.39 is 0 Å². The number of aromatic nitrogens is 2. The third kappa shape index (κ3) is 2.35. The van der Waals surface area contributed by atoms with Gasteiger partial charge in [0, 0.05) is 43.1 Å². The number of nitrogens with one attached hydrogen (secondary N) is 1. The summed E-state index contributed by atoms with van der Waals surface area (Å²) in [6, 6.07) is 5.82. The molecule has 0 aliphatic carbocycles. The molecule has 1 aliphatic rings. The summed E-state index contributed by atoms with van der Waals surface area (Å²) >= 11 is 0. The summed E-state index contributed by atoms with van der Waals surface area (Å²) in [4.78, 5) is 17.9. The number of fused-ring (bicyclic) bond motifs is 1. The molecule has 0 saturated carbocycles. The van der Waals surface area contributed by atoms with Crippen LogP contribution in [0.3, 0.4) is 0 Å². The minimum absolute atomic E-state index is 0.0589. The monoisotopic (exact) mass is 287 g/mol. The molecule has 2 aromatic rings. The van der Waals surface area contributed by atoms with Gasteiger partial charge in [-0.2, -0.15) is 0 Å². The normalized spacial score (nSPS) is 20.7. The summed E-state index contributed by atoms with van der Waals surface area (Å²) in [6.45, 7) is 6.39. The van der Waals surface area contributed by atoms with Crippen LogP contribution < -0.4 is 11.1 Å². The van der Waals surface area contributed by atoms with Gasteiger partial charge in [-0.25, -0.2) is 9.78 Å². The third-order valence-electron chi connectivity index (χ3n) is 4.35. The highest BCUT2D eigenvalue weighted by Gasteiger charge is 2.31. The van der Waals surface area contributed by atoms with Crippen LogP contribution in [0.25, 0.3) is 5.65 Å². The SMILES string of the molecule is Cc1cnc2cccc([C@H](C)C3CNCCN3C(N)=O)n12. The fourth-order valence-corrected chi connectivity index (χ4v) is 3.21. The van der Waals surface area contributed by atoms with Crippen LogP contribution in [0.15, 0.2) is 24.4 Å². The van der Waals surface area contributed by atoms with Gasteiger partial charge in [-0.05, 0) is 19.1 Å². The largest absolute Gasteiger partial charge is 0.351 e. The molecule has 1 fully saturated rings. The number of rotatable bonds is 2. The quantitative estimate of drug-likeness (QED) is 0.868. The Labute approximate surface area is 123 Å². The molecule has 3 N–H and O–H groups in total. The first kappa shape index (κ1) is 13.9. The predicted molar refractivity (Wildman–Crippen MR) is 81.3 cm³/mol. The van der Waals surface area contributed by atoms with Gasteiger partial charge in [0.1, 0.15) is 5.65 Å². The number of amides is 2. The van der Waals surface area contributed by atoms with Crippen LogP contribution in [0.5, 0.6) is 0 Å². The number of imidazole rings is 1. The zero-order valence-corrected chi connectivity index (χ0v) is 12.4. The van der Waals surface area contributed by atoms with Gasteiger partial charge in [0.05, 0.1) is 6.04 Å². The minimum atomic E-state index is -0.345. The van der Waals surface area contributed by atoms with Crippen molar-refractivity contribution in [2.45, 2.75) is 25.8 Å². The molecule has 1 saturated heterocycles. The van der Waals surface area contributed by atoms with Crippen molar-refractivity contribution in [2.24, 2.45) is 5.73 Å². The summed E-state index contributed by atoms with van der Waals surface area (Å²) in [5, 5.41) is 3.35. The van der Waals surface area contributed by atoms with Gasteiger partial charge in [0.25, 0.3) is 0 Å². The van der Waals surface area contributed by atoms with E-state index in [0.717, 1.165) is 30.1 Å². The number of nitrogens with two attached hydrogens (primary N) is 1. The molecule has 6 nitrogen and oxygen atoms in total. The predicted octanol–water partition coefficient (Wildman–Crippen LogP) is 1.10. The van der Waals surface area contributed by atoms with Crippen molar-refractivity contribution >= 4 is 11.7 Å². The Morgan fingerprint density at radius 1 is 1.52 bits per heavy atom. The number of nitrogens with zero attached hydrogens (tertiary/aromatic N) is 3. The van der Waals surface area contributed by atoms with E-state index in [-0.39, 0.29) is 18.0 Å². The molecule has 6 heteroatoms. The van der Waals surface area contributed by atoms with Crippen LogP contribution in [0.2, 0.25) is 0 Å². The summed E-state index contributed by atoms with van der Waals surface area (Å²) in [7, 11) is 0. The molecule has 3 rings (SSSR count). The fourth-order valence-electron chi connectivity index (χ4n) is 3.21. The third-order valence-corrected chi connectivity index (χ3v) is 4.35. The average Bonchev–Trinajstić information content (AvgIpc) is 2.88. The standard InChI is InChI=1S/C15H21N5O/c1-10-8-18-14-5-3-4-12(20(10)14)11(2)13-9-17-6-7-19(13)15(16)21/h3-5,8,11,13,17H,6-7,9H2,1-2H3,(H2,16,21)/t11-,13?/m0/s1. The summed E-state index contributed by atoms with van der Waals surface area (Å²) < 4.78 is 2.15. The van der Waals surface area contributed by atoms with Gasteiger partial charge < -0.3 is 20.4 Å². The average molecular weight is 287 g/mol. The first-order valence-electron chi connectivity index (χ1n) is 7.29. The van der Waals surface area contributed by atoms with Gasteiger partial charge >= 0.3 is 6.03 Å². The van der Waals surface area contributed by atoms with Crippen LogP contribution >= 0.6 is 0 Å². The van der Waals surface area contributed by atoms with Crippen molar-refractivity contribution < 1.29 is 4.79 Å². The molecule has 0 bridgehead atoms. The molecule has 3 heterocycles. The Hall–Kier alpha value is -2.08. The van der Waals surface area contributed by atoms with Gasteiger partial charge in [0.15, 0.2) is 0 Å². The molecule has 1 unspecified atom stereocenters. The highest BCUT2D eigenvalue weighted by Crippen LogP contribution is 2.25. The molecule has 1 aliphatic heterocycles. The van der Waals surface area contributed by atoms with Crippen LogP contribution in [-0.4, -0.2) is 46.0 Å². The maximum atomic E-state index is 11.7.